The fourth-order valence-corrected chi connectivity index (χ4v) is 6.15. The van der Waals surface area contributed by atoms with Crippen LogP contribution < -0.4 is 5.32 Å². The van der Waals surface area contributed by atoms with Crippen LogP contribution in [0.3, 0.4) is 0 Å². The molecule has 2 aliphatic rings. The van der Waals surface area contributed by atoms with E-state index in [1.165, 1.54) is 6.07 Å². The van der Waals surface area contributed by atoms with Gasteiger partial charge in [-0.25, -0.2) is 4.39 Å². The topological polar surface area (TPSA) is 72.9 Å². The standard InChI is InChI=1S/C35H46FN3O3/c1-23-13-18-28(30(36)20-23)33(41)39-19-9-12-29(32(40)37-26-11-8-10-25(21-26)34(2,3)4)31(39)24-14-16-27(17-15-24)38(7)22-35(5,6)42/h8,10-11,13-14,16-18,20-21,24,29,31,42H,9,12,15,19,22H2,1-7H3,(H,37,40)/t24-,29?,31?/m1/s1. The van der Waals surface area contributed by atoms with Crippen LogP contribution in [0.4, 0.5) is 10.1 Å². The number of benzene rings is 2. The number of rotatable bonds is 7. The summed E-state index contributed by atoms with van der Waals surface area (Å²) in [7, 11) is 1.94. The fraction of sp³-hybridized carbons (Fsp3) is 0.486. The molecule has 3 atom stereocenters. The van der Waals surface area contributed by atoms with Crippen molar-refractivity contribution in [2.75, 3.05) is 25.5 Å². The molecule has 4 rings (SSSR count). The van der Waals surface area contributed by atoms with Crippen molar-refractivity contribution in [1.29, 1.82) is 0 Å². The van der Waals surface area contributed by atoms with Crippen LogP contribution >= 0.6 is 0 Å². The molecule has 1 fully saturated rings. The summed E-state index contributed by atoms with van der Waals surface area (Å²) in [6, 6.07) is 12.1. The molecule has 2 aromatic carbocycles. The van der Waals surface area contributed by atoms with Crippen LogP contribution in [-0.2, 0) is 10.2 Å². The second kappa shape index (κ2) is 12.4. The SMILES string of the molecule is Cc1ccc(C(=O)N2CCCC(C(=O)Nc3cccc(C(C)(C)C)c3)C2[C@@H]2C=CC(N(C)CC(C)(C)O)=CC2)c(F)c1. The van der Waals surface area contributed by atoms with E-state index in [-0.39, 0.29) is 28.7 Å². The number of likely N-dealkylation sites (tertiary alicyclic amines) is 1. The summed E-state index contributed by atoms with van der Waals surface area (Å²) in [4.78, 5) is 31.5. The molecule has 2 aromatic rings. The molecule has 226 valence electrons. The number of hydrogen-bond acceptors (Lipinski definition) is 4. The van der Waals surface area contributed by atoms with Gasteiger partial charge in [-0.1, -0.05) is 51.1 Å². The van der Waals surface area contributed by atoms with Gasteiger partial charge in [0.15, 0.2) is 0 Å². The zero-order valence-electron chi connectivity index (χ0n) is 26.1. The van der Waals surface area contributed by atoms with Crippen molar-refractivity contribution in [1.82, 2.24) is 9.80 Å². The lowest BCUT2D eigenvalue weighted by molar-refractivity contribution is -0.123. The first-order valence-corrected chi connectivity index (χ1v) is 14.9. The first-order chi connectivity index (χ1) is 19.6. The number of carbonyl (C=O) groups is 2. The third-order valence-corrected chi connectivity index (χ3v) is 8.25. The van der Waals surface area contributed by atoms with E-state index < -0.39 is 23.4 Å². The van der Waals surface area contributed by atoms with Crippen molar-refractivity contribution in [2.24, 2.45) is 11.8 Å². The van der Waals surface area contributed by atoms with Gasteiger partial charge in [0.05, 0.1) is 23.1 Å². The van der Waals surface area contributed by atoms with Crippen molar-refractivity contribution in [3.63, 3.8) is 0 Å². The summed E-state index contributed by atoms with van der Waals surface area (Å²) in [6.07, 6.45) is 8.08. The monoisotopic (exact) mass is 575 g/mol. The van der Waals surface area contributed by atoms with E-state index in [1.54, 1.807) is 37.8 Å². The van der Waals surface area contributed by atoms with Gasteiger partial charge in [0.2, 0.25) is 5.91 Å². The summed E-state index contributed by atoms with van der Waals surface area (Å²) >= 11 is 0. The molecule has 0 bridgehead atoms. The zero-order valence-corrected chi connectivity index (χ0v) is 26.1. The summed E-state index contributed by atoms with van der Waals surface area (Å²) < 4.78 is 15.0. The predicted octanol–water partition coefficient (Wildman–Crippen LogP) is 6.45. The molecule has 2 N–H and O–H groups in total. The Balaban J connectivity index is 1.64. The third-order valence-electron chi connectivity index (χ3n) is 8.25. The molecule has 0 saturated carbocycles. The van der Waals surface area contributed by atoms with E-state index in [0.29, 0.717) is 32.4 Å². The van der Waals surface area contributed by atoms with Gasteiger partial charge in [-0.2, -0.15) is 0 Å². The number of hydrogen-bond donors (Lipinski definition) is 2. The number of halogens is 1. The Morgan fingerprint density at radius 2 is 1.86 bits per heavy atom. The molecular weight excluding hydrogens is 529 g/mol. The van der Waals surface area contributed by atoms with Gasteiger partial charge in [-0.3, -0.25) is 9.59 Å². The number of carbonyl (C=O) groups excluding carboxylic acids is 2. The summed E-state index contributed by atoms with van der Waals surface area (Å²) in [5.74, 6) is -1.65. The molecule has 0 aromatic heterocycles. The van der Waals surface area contributed by atoms with Crippen molar-refractivity contribution in [3.05, 3.63) is 88.9 Å². The molecule has 1 saturated heterocycles. The molecule has 1 heterocycles. The van der Waals surface area contributed by atoms with Gasteiger partial charge in [-0.05, 0) is 86.9 Å². The van der Waals surface area contributed by atoms with Gasteiger partial charge < -0.3 is 20.2 Å². The molecule has 0 spiro atoms. The van der Waals surface area contributed by atoms with E-state index in [1.807, 2.05) is 36.2 Å². The average Bonchev–Trinajstić information content (AvgIpc) is 2.91. The van der Waals surface area contributed by atoms with E-state index in [0.717, 1.165) is 22.5 Å². The minimum atomic E-state index is -0.849. The lowest BCUT2D eigenvalue weighted by atomic mass is 9.77. The Labute approximate surface area is 250 Å². The second-order valence-electron chi connectivity index (χ2n) is 13.6. The van der Waals surface area contributed by atoms with Crippen LogP contribution in [0.5, 0.6) is 0 Å². The summed E-state index contributed by atoms with van der Waals surface area (Å²) in [6.45, 7) is 12.7. The highest BCUT2D eigenvalue weighted by Gasteiger charge is 2.43. The van der Waals surface area contributed by atoms with Crippen LogP contribution in [0.2, 0.25) is 0 Å². The predicted molar refractivity (Wildman–Crippen MR) is 167 cm³/mol. The smallest absolute Gasteiger partial charge is 0.257 e. The lowest BCUT2D eigenvalue weighted by Crippen LogP contribution is -2.55. The summed E-state index contributed by atoms with van der Waals surface area (Å²) in [5, 5.41) is 13.4. The fourth-order valence-electron chi connectivity index (χ4n) is 6.15. The van der Waals surface area contributed by atoms with E-state index in [2.05, 4.69) is 44.3 Å². The van der Waals surface area contributed by atoms with Crippen LogP contribution in [0.25, 0.3) is 0 Å². The molecular formula is C35H46FN3O3. The van der Waals surface area contributed by atoms with Crippen molar-refractivity contribution >= 4 is 17.5 Å². The van der Waals surface area contributed by atoms with Crippen molar-refractivity contribution < 1.29 is 19.1 Å². The normalized spacial score (nSPS) is 21.1. The van der Waals surface area contributed by atoms with Crippen LogP contribution in [0, 0.1) is 24.6 Å². The number of aryl methyl sites for hydroxylation is 1. The van der Waals surface area contributed by atoms with Crippen molar-refractivity contribution in [2.45, 2.75) is 77.9 Å². The molecule has 6 nitrogen and oxygen atoms in total. The largest absolute Gasteiger partial charge is 0.389 e. The Hall–Kier alpha value is -3.45. The number of likely N-dealkylation sites (N-methyl/N-ethyl adjacent to an activating group) is 1. The highest BCUT2D eigenvalue weighted by Crippen LogP contribution is 2.36. The molecule has 2 unspecified atom stereocenters. The van der Waals surface area contributed by atoms with E-state index in [4.69, 9.17) is 0 Å². The molecule has 0 radical (unpaired) electrons. The summed E-state index contributed by atoms with van der Waals surface area (Å²) in [5.41, 5.74) is 2.70. The van der Waals surface area contributed by atoms with Gasteiger partial charge in [-0.15, -0.1) is 0 Å². The number of nitrogens with zero attached hydrogens (tertiary/aromatic N) is 2. The van der Waals surface area contributed by atoms with Gasteiger partial charge in [0, 0.05) is 37.4 Å². The number of anilines is 1. The maximum atomic E-state index is 15.0. The number of amides is 2. The minimum Gasteiger partial charge on any atom is -0.389 e. The van der Waals surface area contributed by atoms with E-state index >= 15 is 4.39 Å². The van der Waals surface area contributed by atoms with Gasteiger partial charge in [0.25, 0.3) is 5.91 Å². The maximum absolute atomic E-state index is 15.0. The van der Waals surface area contributed by atoms with Gasteiger partial charge >= 0.3 is 0 Å². The highest BCUT2D eigenvalue weighted by atomic mass is 19.1. The van der Waals surface area contributed by atoms with Gasteiger partial charge in [0.1, 0.15) is 5.82 Å². The lowest BCUT2D eigenvalue weighted by Gasteiger charge is -2.44. The Kier molecular flexibility index (Phi) is 9.31. The minimum absolute atomic E-state index is 0.0328. The van der Waals surface area contributed by atoms with Crippen LogP contribution in [0.1, 0.15) is 75.4 Å². The first kappa shape index (κ1) is 31.5. The molecule has 1 aliphatic carbocycles. The number of piperidine rings is 1. The molecule has 42 heavy (non-hydrogen) atoms. The average molecular weight is 576 g/mol. The van der Waals surface area contributed by atoms with E-state index in [9.17, 15) is 14.7 Å². The highest BCUT2D eigenvalue weighted by molar-refractivity contribution is 5.97. The van der Waals surface area contributed by atoms with Crippen LogP contribution in [0.15, 0.2) is 66.4 Å². The third kappa shape index (κ3) is 7.49. The zero-order chi connectivity index (χ0) is 30.8. The number of nitrogens with one attached hydrogen (secondary N) is 1. The first-order valence-electron chi connectivity index (χ1n) is 14.9. The number of aliphatic hydroxyl groups is 1. The van der Waals surface area contributed by atoms with Crippen molar-refractivity contribution in [3.8, 4) is 0 Å². The quantitative estimate of drug-likeness (QED) is 0.398. The Morgan fingerprint density at radius 1 is 1.12 bits per heavy atom. The Bertz CT molecular complexity index is 1370. The second-order valence-corrected chi connectivity index (χ2v) is 13.6. The molecule has 1 aliphatic heterocycles. The molecule has 7 heteroatoms. The van der Waals surface area contributed by atoms with Crippen LogP contribution in [-0.4, -0.2) is 58.5 Å². The number of allylic oxidation sites excluding steroid dienone is 2. The molecule has 2 amide bonds. The maximum Gasteiger partial charge on any atom is 0.257 e. The Morgan fingerprint density at radius 3 is 2.48 bits per heavy atom.